The van der Waals surface area contributed by atoms with E-state index in [1.54, 1.807) is 11.0 Å². The first kappa shape index (κ1) is 23.9. The van der Waals surface area contributed by atoms with Gasteiger partial charge in [0.05, 0.1) is 23.3 Å². The zero-order chi connectivity index (χ0) is 24.2. The highest BCUT2D eigenvalue weighted by Crippen LogP contribution is 2.34. The second kappa shape index (κ2) is 10.4. The van der Waals surface area contributed by atoms with Gasteiger partial charge in [-0.15, -0.1) is 0 Å². The number of aryl methyl sites for hydroxylation is 2. The smallest absolute Gasteiger partial charge is 0.271 e. The lowest BCUT2D eigenvalue weighted by Crippen LogP contribution is -2.38. The Labute approximate surface area is 201 Å². The van der Waals surface area contributed by atoms with E-state index in [0.717, 1.165) is 29.7 Å². The number of ether oxygens (including phenoxy) is 1. The van der Waals surface area contributed by atoms with Gasteiger partial charge in [0.25, 0.3) is 5.69 Å². The third-order valence-corrected chi connectivity index (χ3v) is 6.90. The average molecular weight is 483 g/mol. The van der Waals surface area contributed by atoms with Crippen LogP contribution in [0, 0.1) is 24.0 Å². The molecule has 0 spiro atoms. The van der Waals surface area contributed by atoms with Gasteiger partial charge in [-0.1, -0.05) is 30.0 Å². The van der Waals surface area contributed by atoms with Gasteiger partial charge in [-0.25, -0.2) is 4.99 Å². The van der Waals surface area contributed by atoms with Crippen molar-refractivity contribution in [2.24, 2.45) is 4.99 Å². The van der Waals surface area contributed by atoms with E-state index in [4.69, 9.17) is 9.73 Å². The van der Waals surface area contributed by atoms with Crippen LogP contribution in [0.5, 0.6) is 0 Å². The molecule has 2 aromatic carbocycles. The number of amidine groups is 1. The number of nitro benzene ring substituents is 1. The third kappa shape index (κ3) is 5.63. The van der Waals surface area contributed by atoms with Gasteiger partial charge in [0.1, 0.15) is 5.25 Å². The summed E-state index contributed by atoms with van der Waals surface area (Å²) in [5.74, 6) is -0.574. The van der Waals surface area contributed by atoms with Crippen LogP contribution in [0.2, 0.25) is 0 Å². The molecule has 9 nitrogen and oxygen atoms in total. The largest absolute Gasteiger partial charge is 0.376 e. The van der Waals surface area contributed by atoms with Crippen molar-refractivity contribution in [2.75, 3.05) is 18.5 Å². The summed E-state index contributed by atoms with van der Waals surface area (Å²) < 4.78 is 5.74. The van der Waals surface area contributed by atoms with Crippen molar-refractivity contribution in [3.05, 3.63) is 63.7 Å². The Morgan fingerprint density at radius 1 is 1.29 bits per heavy atom. The molecule has 2 atom stereocenters. The van der Waals surface area contributed by atoms with Crippen LogP contribution >= 0.6 is 11.8 Å². The number of carbonyl (C=O) groups excluding carboxylic acids is 2. The van der Waals surface area contributed by atoms with Crippen LogP contribution in [-0.2, 0) is 14.3 Å². The number of nitrogens with one attached hydrogen (secondary N) is 1. The van der Waals surface area contributed by atoms with Crippen molar-refractivity contribution >= 4 is 45.8 Å². The molecular formula is C24H26N4O5S. The number of non-ortho nitro benzene ring substituents is 1. The number of carbonyl (C=O) groups is 2. The second-order valence-electron chi connectivity index (χ2n) is 8.43. The normalized spacial score (nSPS) is 21.3. The van der Waals surface area contributed by atoms with Gasteiger partial charge >= 0.3 is 0 Å². The monoisotopic (exact) mass is 482 g/mol. The summed E-state index contributed by atoms with van der Waals surface area (Å²) in [6.45, 7) is 5.03. The molecule has 2 saturated heterocycles. The third-order valence-electron chi connectivity index (χ3n) is 5.72. The van der Waals surface area contributed by atoms with Gasteiger partial charge in [0.2, 0.25) is 11.8 Å². The maximum Gasteiger partial charge on any atom is 0.271 e. The van der Waals surface area contributed by atoms with Crippen LogP contribution in [0.3, 0.4) is 0 Å². The summed E-state index contributed by atoms with van der Waals surface area (Å²) in [4.78, 5) is 42.8. The number of aliphatic imine (C=N–C) groups is 1. The molecule has 34 heavy (non-hydrogen) atoms. The Balaban J connectivity index is 1.52. The Morgan fingerprint density at radius 2 is 2.12 bits per heavy atom. The molecule has 0 bridgehead atoms. The maximum atomic E-state index is 13.3. The average Bonchev–Trinajstić information content (AvgIpc) is 3.41. The molecule has 2 aliphatic heterocycles. The number of hydrogen-bond acceptors (Lipinski definition) is 7. The summed E-state index contributed by atoms with van der Waals surface area (Å²) in [5, 5.41) is 13.6. The van der Waals surface area contributed by atoms with E-state index in [1.165, 1.54) is 30.0 Å². The number of rotatable bonds is 7. The van der Waals surface area contributed by atoms with E-state index < -0.39 is 16.1 Å². The molecule has 4 rings (SSSR count). The van der Waals surface area contributed by atoms with Crippen molar-refractivity contribution in [3.63, 3.8) is 0 Å². The Hall–Kier alpha value is -3.24. The highest BCUT2D eigenvalue weighted by molar-refractivity contribution is 8.15. The zero-order valence-corrected chi connectivity index (χ0v) is 19.8. The first-order valence-electron chi connectivity index (χ1n) is 11.1. The van der Waals surface area contributed by atoms with E-state index in [-0.39, 0.29) is 24.1 Å². The minimum Gasteiger partial charge on any atom is -0.376 e. The summed E-state index contributed by atoms with van der Waals surface area (Å²) in [5.41, 5.74) is 3.05. The Morgan fingerprint density at radius 3 is 2.85 bits per heavy atom. The van der Waals surface area contributed by atoms with Gasteiger partial charge in [-0.05, 0) is 49.9 Å². The predicted molar refractivity (Wildman–Crippen MR) is 131 cm³/mol. The van der Waals surface area contributed by atoms with Crippen molar-refractivity contribution in [3.8, 4) is 0 Å². The van der Waals surface area contributed by atoms with E-state index in [1.807, 2.05) is 32.0 Å². The number of benzene rings is 2. The van der Waals surface area contributed by atoms with Crippen molar-refractivity contribution in [1.82, 2.24) is 4.90 Å². The summed E-state index contributed by atoms with van der Waals surface area (Å²) >= 11 is 1.27. The minimum absolute atomic E-state index is 0.0502. The molecule has 1 N–H and O–H groups in total. The molecule has 0 aromatic heterocycles. The molecular weight excluding hydrogens is 456 g/mol. The standard InChI is InChI=1S/C24H26N4O5S/c1-15-8-9-16(2)20(11-15)26-24-27(14-19-7-4-10-33-19)23(30)21(34-24)13-22(29)25-17-5-3-6-18(12-17)28(31)32/h3,5-6,8-9,11-12,19,21H,4,7,10,13-14H2,1-2H3,(H,25,29). The second-order valence-corrected chi connectivity index (χ2v) is 9.60. The molecule has 0 radical (unpaired) electrons. The molecule has 2 fully saturated rings. The Kier molecular flexibility index (Phi) is 7.28. The van der Waals surface area contributed by atoms with E-state index in [2.05, 4.69) is 5.32 Å². The number of hydrogen-bond donors (Lipinski definition) is 1. The van der Waals surface area contributed by atoms with Crippen LogP contribution in [0.15, 0.2) is 47.5 Å². The molecule has 2 unspecified atom stereocenters. The number of anilines is 1. The Bertz CT molecular complexity index is 1150. The maximum absolute atomic E-state index is 13.3. The topological polar surface area (TPSA) is 114 Å². The number of amides is 2. The predicted octanol–water partition coefficient (Wildman–Crippen LogP) is 4.35. The van der Waals surface area contributed by atoms with Crippen molar-refractivity contribution in [2.45, 2.75) is 44.5 Å². The quantitative estimate of drug-likeness (QED) is 0.464. The summed E-state index contributed by atoms with van der Waals surface area (Å²) in [6.07, 6.45) is 1.72. The molecule has 2 aromatic rings. The van der Waals surface area contributed by atoms with Crippen LogP contribution in [0.25, 0.3) is 0 Å². The van der Waals surface area contributed by atoms with E-state index >= 15 is 0 Å². The molecule has 0 saturated carbocycles. The van der Waals surface area contributed by atoms with Crippen LogP contribution in [-0.4, -0.2) is 51.3 Å². The van der Waals surface area contributed by atoms with Gasteiger partial charge < -0.3 is 10.1 Å². The van der Waals surface area contributed by atoms with Crippen molar-refractivity contribution in [1.29, 1.82) is 0 Å². The lowest BCUT2D eigenvalue weighted by molar-refractivity contribution is -0.384. The lowest BCUT2D eigenvalue weighted by atomic mass is 10.1. The van der Waals surface area contributed by atoms with Gasteiger partial charge in [-0.3, -0.25) is 24.6 Å². The van der Waals surface area contributed by atoms with Crippen LogP contribution in [0.4, 0.5) is 17.1 Å². The fourth-order valence-corrected chi connectivity index (χ4v) is 5.07. The zero-order valence-electron chi connectivity index (χ0n) is 19.0. The van der Waals surface area contributed by atoms with Crippen LogP contribution in [0.1, 0.15) is 30.4 Å². The summed E-state index contributed by atoms with van der Waals surface area (Å²) in [6, 6.07) is 11.7. The van der Waals surface area contributed by atoms with Gasteiger partial charge in [0.15, 0.2) is 5.17 Å². The summed E-state index contributed by atoms with van der Waals surface area (Å²) in [7, 11) is 0. The van der Waals surface area contributed by atoms with Crippen LogP contribution < -0.4 is 5.32 Å². The highest BCUT2D eigenvalue weighted by atomic mass is 32.2. The van der Waals surface area contributed by atoms with Crippen molar-refractivity contribution < 1.29 is 19.2 Å². The highest BCUT2D eigenvalue weighted by Gasteiger charge is 2.40. The molecule has 2 aliphatic rings. The molecule has 178 valence electrons. The first-order chi connectivity index (χ1) is 16.3. The first-order valence-corrected chi connectivity index (χ1v) is 12.0. The molecule has 10 heteroatoms. The fraction of sp³-hybridized carbons (Fsp3) is 0.375. The SMILES string of the molecule is Cc1ccc(C)c(N=C2SC(CC(=O)Nc3cccc([N+](=O)[O-])c3)C(=O)N2CC2CCCO2)c1. The molecule has 2 heterocycles. The van der Waals surface area contributed by atoms with Gasteiger partial charge in [-0.2, -0.15) is 0 Å². The number of nitrogens with zero attached hydrogens (tertiary/aromatic N) is 3. The molecule has 2 amide bonds. The number of nitro groups is 1. The lowest BCUT2D eigenvalue weighted by Gasteiger charge is -2.20. The van der Waals surface area contributed by atoms with Gasteiger partial charge in [0, 0.05) is 30.8 Å². The number of thioether (sulfide) groups is 1. The molecule has 0 aliphatic carbocycles. The fourth-order valence-electron chi connectivity index (χ4n) is 3.91. The van der Waals surface area contributed by atoms with E-state index in [9.17, 15) is 19.7 Å². The van der Waals surface area contributed by atoms with E-state index in [0.29, 0.717) is 24.0 Å². The minimum atomic E-state index is -0.635.